The standard InChI is InChI=1S/C42H42ClN3O4/c1-31-7-13-36(14-8-31)48-26-20-33-9-11-34(12-10-33)29-45-21-23-46(24-22-45)41(19-25-47)39-17-15-37(27-32(39)2)50-42-18-16-38(28-44-42)49-30-35-5-3-4-6-40(35)43/h3-19,25,27-28H,20-24,26,29-30H2,1-2H3/b41-19+. The molecule has 5 aromatic rings. The number of allylic oxidation sites excluding steroid dienone is 1. The lowest BCUT2D eigenvalue weighted by atomic mass is 10.0. The molecule has 50 heavy (non-hydrogen) atoms. The van der Waals surface area contributed by atoms with Crippen molar-refractivity contribution in [2.45, 2.75) is 33.4 Å². The topological polar surface area (TPSA) is 64.1 Å². The second-order valence-corrected chi connectivity index (χ2v) is 12.9. The van der Waals surface area contributed by atoms with E-state index in [0.29, 0.717) is 35.6 Å². The smallest absolute Gasteiger partial charge is 0.219 e. The van der Waals surface area contributed by atoms with Crippen LogP contribution in [0.5, 0.6) is 23.1 Å². The molecule has 8 heteroatoms. The van der Waals surface area contributed by atoms with Crippen molar-refractivity contribution in [2.24, 2.45) is 0 Å². The Balaban J connectivity index is 0.982. The molecule has 1 aliphatic rings. The van der Waals surface area contributed by atoms with Gasteiger partial charge in [0.2, 0.25) is 5.88 Å². The van der Waals surface area contributed by atoms with Crippen molar-refractivity contribution in [3.8, 4) is 23.1 Å². The summed E-state index contributed by atoms with van der Waals surface area (Å²) >= 11 is 6.23. The molecule has 1 aromatic heterocycles. The molecule has 7 nitrogen and oxygen atoms in total. The summed E-state index contributed by atoms with van der Waals surface area (Å²) in [5, 5.41) is 0.668. The first-order chi connectivity index (χ1) is 24.4. The molecule has 0 radical (unpaired) electrons. The molecule has 6 rings (SSSR count). The fourth-order valence-corrected chi connectivity index (χ4v) is 6.15. The summed E-state index contributed by atoms with van der Waals surface area (Å²) in [6.07, 6.45) is 5.05. The number of ether oxygens (including phenoxy) is 3. The van der Waals surface area contributed by atoms with Gasteiger partial charge < -0.3 is 19.1 Å². The minimum absolute atomic E-state index is 0.355. The third-order valence-electron chi connectivity index (χ3n) is 8.81. The average Bonchev–Trinajstić information content (AvgIpc) is 3.13. The van der Waals surface area contributed by atoms with Crippen molar-refractivity contribution >= 4 is 23.6 Å². The number of pyridine rings is 1. The van der Waals surface area contributed by atoms with Gasteiger partial charge in [0.05, 0.1) is 12.8 Å². The predicted octanol–water partition coefficient (Wildman–Crippen LogP) is 8.70. The van der Waals surface area contributed by atoms with E-state index in [1.807, 2.05) is 67.6 Å². The third-order valence-corrected chi connectivity index (χ3v) is 9.17. The van der Waals surface area contributed by atoms with E-state index in [4.69, 9.17) is 25.8 Å². The van der Waals surface area contributed by atoms with Crippen LogP contribution in [-0.2, 0) is 24.4 Å². The first-order valence-electron chi connectivity index (χ1n) is 16.9. The molecule has 0 spiro atoms. The number of rotatable bonds is 14. The van der Waals surface area contributed by atoms with Gasteiger partial charge in [-0.3, -0.25) is 9.69 Å². The molecule has 1 fully saturated rings. The van der Waals surface area contributed by atoms with E-state index in [1.54, 1.807) is 18.3 Å². The van der Waals surface area contributed by atoms with Crippen LogP contribution in [0.3, 0.4) is 0 Å². The molecule has 0 atom stereocenters. The minimum Gasteiger partial charge on any atom is -0.493 e. The number of carbonyl (C=O) groups excluding carboxylic acids is 1. The van der Waals surface area contributed by atoms with Crippen LogP contribution in [-0.4, -0.2) is 53.9 Å². The Morgan fingerprint density at radius 1 is 0.800 bits per heavy atom. The summed E-state index contributed by atoms with van der Waals surface area (Å²) in [6.45, 7) is 9.51. The van der Waals surface area contributed by atoms with Gasteiger partial charge in [0.15, 0.2) is 0 Å². The Labute approximate surface area is 299 Å². The van der Waals surface area contributed by atoms with E-state index in [0.717, 1.165) is 73.6 Å². The van der Waals surface area contributed by atoms with Crippen molar-refractivity contribution in [1.29, 1.82) is 0 Å². The van der Waals surface area contributed by atoms with Gasteiger partial charge in [0.1, 0.15) is 30.1 Å². The van der Waals surface area contributed by atoms with Crippen LogP contribution in [0.25, 0.3) is 5.70 Å². The summed E-state index contributed by atoms with van der Waals surface area (Å²) < 4.78 is 17.8. The summed E-state index contributed by atoms with van der Waals surface area (Å²) in [6, 6.07) is 34.1. The molecule has 0 saturated carbocycles. The van der Waals surface area contributed by atoms with E-state index in [2.05, 4.69) is 58.1 Å². The summed E-state index contributed by atoms with van der Waals surface area (Å²) in [4.78, 5) is 20.9. The number of aldehydes is 1. The number of benzene rings is 4. The number of halogens is 1. The van der Waals surface area contributed by atoms with Crippen molar-refractivity contribution in [2.75, 3.05) is 32.8 Å². The van der Waals surface area contributed by atoms with Crippen LogP contribution in [0, 0.1) is 13.8 Å². The second-order valence-electron chi connectivity index (χ2n) is 12.5. The van der Waals surface area contributed by atoms with Gasteiger partial charge in [-0.25, -0.2) is 4.98 Å². The lowest BCUT2D eigenvalue weighted by Crippen LogP contribution is -2.45. The van der Waals surface area contributed by atoms with Crippen LogP contribution in [0.2, 0.25) is 5.02 Å². The highest BCUT2D eigenvalue weighted by Crippen LogP contribution is 2.30. The number of carbonyl (C=O) groups is 1. The predicted molar refractivity (Wildman–Crippen MR) is 199 cm³/mol. The van der Waals surface area contributed by atoms with Crippen LogP contribution in [0.4, 0.5) is 0 Å². The summed E-state index contributed by atoms with van der Waals surface area (Å²) in [7, 11) is 0. The first kappa shape index (κ1) is 34.7. The van der Waals surface area contributed by atoms with Crippen molar-refractivity contribution < 1.29 is 19.0 Å². The zero-order valence-corrected chi connectivity index (χ0v) is 29.3. The average molecular weight is 688 g/mol. The lowest BCUT2D eigenvalue weighted by molar-refractivity contribution is -0.104. The van der Waals surface area contributed by atoms with Gasteiger partial charge in [0.25, 0.3) is 0 Å². The van der Waals surface area contributed by atoms with Crippen LogP contribution >= 0.6 is 11.6 Å². The lowest BCUT2D eigenvalue weighted by Gasteiger charge is -2.37. The SMILES string of the molecule is Cc1ccc(OCCc2ccc(CN3CCN(/C(=C/C=O)c4ccc(Oc5ccc(OCc6ccccc6Cl)cn5)cc4C)CC3)cc2)cc1. The van der Waals surface area contributed by atoms with E-state index in [9.17, 15) is 4.79 Å². The number of hydrogen-bond donors (Lipinski definition) is 0. The first-order valence-corrected chi connectivity index (χ1v) is 17.3. The molecule has 1 saturated heterocycles. The molecule has 4 aromatic carbocycles. The van der Waals surface area contributed by atoms with Crippen molar-refractivity contribution in [3.63, 3.8) is 0 Å². The summed E-state index contributed by atoms with van der Waals surface area (Å²) in [5.74, 6) is 2.67. The highest BCUT2D eigenvalue weighted by molar-refractivity contribution is 6.31. The number of aromatic nitrogens is 1. The van der Waals surface area contributed by atoms with Gasteiger partial charge in [-0.15, -0.1) is 0 Å². The normalized spacial score (nSPS) is 13.6. The molecular formula is C42H42ClN3O4. The van der Waals surface area contributed by atoms with Crippen molar-refractivity contribution in [3.05, 3.63) is 154 Å². The molecule has 0 N–H and O–H groups in total. The molecule has 2 heterocycles. The highest BCUT2D eigenvalue weighted by Gasteiger charge is 2.21. The maximum absolute atomic E-state index is 11.7. The van der Waals surface area contributed by atoms with E-state index >= 15 is 0 Å². The van der Waals surface area contributed by atoms with Crippen LogP contribution in [0.1, 0.15) is 33.4 Å². The largest absolute Gasteiger partial charge is 0.493 e. The maximum atomic E-state index is 11.7. The van der Waals surface area contributed by atoms with Gasteiger partial charge in [-0.2, -0.15) is 0 Å². The summed E-state index contributed by atoms with van der Waals surface area (Å²) in [5.41, 5.74) is 7.66. The van der Waals surface area contributed by atoms with Crippen molar-refractivity contribution in [1.82, 2.24) is 14.8 Å². The fourth-order valence-electron chi connectivity index (χ4n) is 5.96. The second kappa shape index (κ2) is 17.0. The van der Waals surface area contributed by atoms with E-state index in [-0.39, 0.29) is 0 Å². The highest BCUT2D eigenvalue weighted by atomic mass is 35.5. The molecule has 0 amide bonds. The van der Waals surface area contributed by atoms with E-state index < -0.39 is 0 Å². The molecule has 0 bridgehead atoms. The number of piperazine rings is 1. The van der Waals surface area contributed by atoms with Crippen LogP contribution in [0.15, 0.2) is 115 Å². The number of aryl methyl sites for hydroxylation is 2. The number of hydrogen-bond acceptors (Lipinski definition) is 7. The Kier molecular flexibility index (Phi) is 11.8. The molecule has 0 aliphatic carbocycles. The number of nitrogens with zero attached hydrogens (tertiary/aromatic N) is 3. The van der Waals surface area contributed by atoms with E-state index in [1.165, 1.54) is 16.7 Å². The minimum atomic E-state index is 0.355. The third kappa shape index (κ3) is 9.53. The Hall–Kier alpha value is -5.11. The van der Waals surface area contributed by atoms with Gasteiger partial charge in [-0.1, -0.05) is 71.8 Å². The Morgan fingerprint density at radius 3 is 2.22 bits per heavy atom. The Morgan fingerprint density at radius 2 is 1.52 bits per heavy atom. The maximum Gasteiger partial charge on any atom is 0.219 e. The van der Waals surface area contributed by atoms with Gasteiger partial charge in [-0.05, 0) is 73.0 Å². The quantitative estimate of drug-likeness (QED) is 0.0855. The van der Waals surface area contributed by atoms with Crippen LogP contribution < -0.4 is 14.2 Å². The molecular weight excluding hydrogens is 646 g/mol. The van der Waals surface area contributed by atoms with Gasteiger partial charge >= 0.3 is 0 Å². The zero-order valence-electron chi connectivity index (χ0n) is 28.6. The fraction of sp³-hybridized carbons (Fsp3) is 0.238. The molecule has 0 unspecified atom stereocenters. The molecule has 256 valence electrons. The zero-order chi connectivity index (χ0) is 34.7. The monoisotopic (exact) mass is 687 g/mol. The van der Waals surface area contributed by atoms with Gasteiger partial charge in [0, 0.05) is 73.1 Å². The Bertz CT molecular complexity index is 1880. The molecule has 1 aliphatic heterocycles.